The molecule has 4 aromatic rings. The van der Waals surface area contributed by atoms with Crippen molar-refractivity contribution in [1.82, 2.24) is 14.3 Å². The molecule has 0 radical (unpaired) electrons. The Balaban J connectivity index is 1.76. The van der Waals surface area contributed by atoms with Gasteiger partial charge in [-0.2, -0.15) is 0 Å². The molecule has 130 valence electrons. The van der Waals surface area contributed by atoms with Gasteiger partial charge >= 0.3 is 0 Å². The molecule has 1 amide bonds. The average molecular weight is 344 g/mol. The fourth-order valence-corrected chi connectivity index (χ4v) is 3.19. The SMILES string of the molecule is CN(C)Cc1c(C(=O)Nc2cccc3ccccc23)nc2ccccn12. The number of aromatic nitrogens is 2. The van der Waals surface area contributed by atoms with E-state index in [9.17, 15) is 4.79 Å². The minimum Gasteiger partial charge on any atom is -0.320 e. The van der Waals surface area contributed by atoms with Crippen molar-refractivity contribution in [3.8, 4) is 0 Å². The number of benzene rings is 2. The highest BCUT2D eigenvalue weighted by Gasteiger charge is 2.19. The van der Waals surface area contributed by atoms with Crippen molar-refractivity contribution in [2.45, 2.75) is 6.54 Å². The van der Waals surface area contributed by atoms with E-state index in [0.29, 0.717) is 12.2 Å². The summed E-state index contributed by atoms with van der Waals surface area (Å²) in [5.74, 6) is -0.193. The molecule has 1 N–H and O–H groups in total. The van der Waals surface area contributed by atoms with Crippen LogP contribution in [-0.2, 0) is 6.54 Å². The third-order valence-electron chi connectivity index (χ3n) is 4.35. The molecule has 4 rings (SSSR count). The van der Waals surface area contributed by atoms with Gasteiger partial charge in [-0.15, -0.1) is 0 Å². The van der Waals surface area contributed by atoms with Crippen LogP contribution in [-0.4, -0.2) is 34.3 Å². The topological polar surface area (TPSA) is 49.6 Å². The molecule has 2 aromatic carbocycles. The number of fused-ring (bicyclic) bond motifs is 2. The summed E-state index contributed by atoms with van der Waals surface area (Å²) in [4.78, 5) is 19.6. The standard InChI is InChI=1S/C21H20N4O/c1-24(2)14-18-20(23-19-12-5-6-13-25(18)19)21(26)22-17-11-7-9-15-8-3-4-10-16(15)17/h3-13H,14H2,1-2H3,(H,22,26). The summed E-state index contributed by atoms with van der Waals surface area (Å²) in [5.41, 5.74) is 2.90. The third-order valence-corrected chi connectivity index (χ3v) is 4.35. The van der Waals surface area contributed by atoms with Crippen LogP contribution < -0.4 is 5.32 Å². The van der Waals surface area contributed by atoms with Gasteiger partial charge < -0.3 is 14.6 Å². The van der Waals surface area contributed by atoms with Crippen molar-refractivity contribution >= 4 is 28.0 Å². The molecular formula is C21H20N4O. The minimum absolute atomic E-state index is 0.193. The van der Waals surface area contributed by atoms with Gasteiger partial charge in [-0.1, -0.05) is 42.5 Å². The van der Waals surface area contributed by atoms with Gasteiger partial charge in [0.15, 0.2) is 5.69 Å². The van der Waals surface area contributed by atoms with Crippen LogP contribution in [0.25, 0.3) is 16.4 Å². The van der Waals surface area contributed by atoms with Gasteiger partial charge in [0, 0.05) is 23.8 Å². The molecule has 5 nitrogen and oxygen atoms in total. The maximum Gasteiger partial charge on any atom is 0.276 e. The second-order valence-electron chi connectivity index (χ2n) is 6.55. The molecule has 2 heterocycles. The van der Waals surface area contributed by atoms with Gasteiger partial charge in [0.25, 0.3) is 5.91 Å². The highest BCUT2D eigenvalue weighted by molar-refractivity contribution is 6.09. The number of carbonyl (C=O) groups is 1. The van der Waals surface area contributed by atoms with E-state index in [-0.39, 0.29) is 5.91 Å². The Kier molecular flexibility index (Phi) is 4.14. The number of anilines is 1. The summed E-state index contributed by atoms with van der Waals surface area (Å²) in [7, 11) is 3.96. The van der Waals surface area contributed by atoms with Crippen molar-refractivity contribution in [1.29, 1.82) is 0 Å². The molecule has 0 aliphatic carbocycles. The molecule has 5 heteroatoms. The predicted octanol–water partition coefficient (Wildman–Crippen LogP) is 3.80. The van der Waals surface area contributed by atoms with Crippen LogP contribution in [0.15, 0.2) is 66.9 Å². The molecular weight excluding hydrogens is 324 g/mol. The molecule has 2 aromatic heterocycles. The van der Waals surface area contributed by atoms with Crippen LogP contribution in [0.3, 0.4) is 0 Å². The van der Waals surface area contributed by atoms with E-state index in [0.717, 1.165) is 27.8 Å². The number of hydrogen-bond acceptors (Lipinski definition) is 3. The molecule has 0 unspecified atom stereocenters. The normalized spacial score (nSPS) is 11.3. The Morgan fingerprint density at radius 3 is 2.65 bits per heavy atom. The maximum atomic E-state index is 13.0. The Hall–Kier alpha value is -3.18. The quantitative estimate of drug-likeness (QED) is 0.613. The Morgan fingerprint density at radius 1 is 1.04 bits per heavy atom. The highest BCUT2D eigenvalue weighted by Crippen LogP contribution is 2.24. The Morgan fingerprint density at radius 2 is 1.81 bits per heavy atom. The van der Waals surface area contributed by atoms with Crippen molar-refractivity contribution in [3.05, 3.63) is 78.2 Å². The van der Waals surface area contributed by atoms with Crippen LogP contribution in [0, 0.1) is 0 Å². The lowest BCUT2D eigenvalue weighted by Crippen LogP contribution is -2.19. The van der Waals surface area contributed by atoms with Crippen molar-refractivity contribution < 1.29 is 4.79 Å². The van der Waals surface area contributed by atoms with Gasteiger partial charge in [-0.05, 0) is 37.7 Å². The van der Waals surface area contributed by atoms with E-state index in [1.54, 1.807) is 0 Å². The van der Waals surface area contributed by atoms with Crippen LogP contribution in [0.2, 0.25) is 0 Å². The first-order valence-corrected chi connectivity index (χ1v) is 8.53. The third kappa shape index (κ3) is 2.93. The highest BCUT2D eigenvalue weighted by atomic mass is 16.1. The molecule has 0 bridgehead atoms. The van der Waals surface area contributed by atoms with Crippen LogP contribution in [0.5, 0.6) is 0 Å². The van der Waals surface area contributed by atoms with E-state index >= 15 is 0 Å². The molecule has 0 aliphatic heterocycles. The van der Waals surface area contributed by atoms with Gasteiger partial charge in [-0.3, -0.25) is 4.79 Å². The monoisotopic (exact) mass is 344 g/mol. The van der Waals surface area contributed by atoms with Crippen molar-refractivity contribution in [2.24, 2.45) is 0 Å². The van der Waals surface area contributed by atoms with Crippen LogP contribution >= 0.6 is 0 Å². The number of imidazole rings is 1. The lowest BCUT2D eigenvalue weighted by Gasteiger charge is -2.12. The summed E-state index contributed by atoms with van der Waals surface area (Å²) in [6.45, 7) is 0.628. The lowest BCUT2D eigenvalue weighted by molar-refractivity contribution is 0.102. The summed E-state index contributed by atoms with van der Waals surface area (Å²) >= 11 is 0. The van der Waals surface area contributed by atoms with Gasteiger partial charge in [0.05, 0.1) is 5.69 Å². The number of amides is 1. The van der Waals surface area contributed by atoms with Crippen molar-refractivity contribution in [3.63, 3.8) is 0 Å². The summed E-state index contributed by atoms with van der Waals surface area (Å²) in [6.07, 6.45) is 1.94. The number of pyridine rings is 1. The van der Waals surface area contributed by atoms with E-state index < -0.39 is 0 Å². The summed E-state index contributed by atoms with van der Waals surface area (Å²) in [5, 5.41) is 5.15. The smallest absolute Gasteiger partial charge is 0.276 e. The van der Waals surface area contributed by atoms with Crippen LogP contribution in [0.4, 0.5) is 5.69 Å². The fourth-order valence-electron chi connectivity index (χ4n) is 3.19. The molecule has 0 saturated heterocycles. The van der Waals surface area contributed by atoms with Gasteiger partial charge in [-0.25, -0.2) is 4.98 Å². The fraction of sp³-hybridized carbons (Fsp3) is 0.143. The van der Waals surface area contributed by atoms with E-state index in [4.69, 9.17) is 0 Å². The first kappa shape index (κ1) is 16.3. The number of hydrogen-bond donors (Lipinski definition) is 1. The molecule has 0 fully saturated rings. The number of nitrogens with zero attached hydrogens (tertiary/aromatic N) is 3. The predicted molar refractivity (Wildman–Crippen MR) is 104 cm³/mol. The number of nitrogens with one attached hydrogen (secondary N) is 1. The molecule has 0 spiro atoms. The van der Waals surface area contributed by atoms with E-state index in [2.05, 4.69) is 10.3 Å². The first-order valence-electron chi connectivity index (χ1n) is 8.53. The van der Waals surface area contributed by atoms with Gasteiger partial charge in [0.2, 0.25) is 0 Å². The second kappa shape index (κ2) is 6.61. The zero-order valence-corrected chi connectivity index (χ0v) is 14.8. The zero-order valence-electron chi connectivity index (χ0n) is 14.8. The average Bonchev–Trinajstić information content (AvgIpc) is 3.00. The summed E-state index contributed by atoms with van der Waals surface area (Å²) < 4.78 is 1.97. The molecule has 26 heavy (non-hydrogen) atoms. The second-order valence-corrected chi connectivity index (χ2v) is 6.55. The largest absolute Gasteiger partial charge is 0.320 e. The Bertz CT molecular complexity index is 1090. The zero-order chi connectivity index (χ0) is 18.1. The van der Waals surface area contributed by atoms with Gasteiger partial charge in [0.1, 0.15) is 5.65 Å². The van der Waals surface area contributed by atoms with E-state index in [1.165, 1.54) is 0 Å². The van der Waals surface area contributed by atoms with E-state index in [1.807, 2.05) is 90.3 Å². The minimum atomic E-state index is -0.193. The summed E-state index contributed by atoms with van der Waals surface area (Å²) in [6, 6.07) is 19.7. The Labute approximate surface area is 151 Å². The number of carbonyl (C=O) groups excluding carboxylic acids is 1. The maximum absolute atomic E-state index is 13.0. The van der Waals surface area contributed by atoms with Crippen molar-refractivity contribution in [2.75, 3.05) is 19.4 Å². The number of rotatable bonds is 4. The molecule has 0 aliphatic rings. The first-order chi connectivity index (χ1) is 12.6. The molecule has 0 saturated carbocycles. The lowest BCUT2D eigenvalue weighted by atomic mass is 10.1. The van der Waals surface area contributed by atoms with Crippen LogP contribution in [0.1, 0.15) is 16.2 Å². The molecule has 0 atom stereocenters.